The lowest BCUT2D eigenvalue weighted by Gasteiger charge is -2.23. The van der Waals surface area contributed by atoms with Crippen LogP contribution < -0.4 is 0 Å². The normalized spacial score (nSPS) is 17.1. The van der Waals surface area contributed by atoms with Crippen molar-refractivity contribution in [1.82, 2.24) is 24.5 Å². The number of amides is 1. The molecule has 0 saturated carbocycles. The second-order valence-corrected chi connectivity index (χ2v) is 8.50. The minimum atomic E-state index is -0.0541. The van der Waals surface area contributed by atoms with E-state index in [0.717, 1.165) is 51.3 Å². The molecule has 0 aliphatic carbocycles. The Hall–Kier alpha value is -2.58. The molecule has 1 aliphatic rings. The van der Waals surface area contributed by atoms with Gasteiger partial charge in [0.2, 0.25) is 0 Å². The Morgan fingerprint density at radius 1 is 1.22 bits per heavy atom. The third-order valence-electron chi connectivity index (χ3n) is 4.87. The topological polar surface area (TPSA) is 63.4 Å². The van der Waals surface area contributed by atoms with Crippen LogP contribution in [0, 0.1) is 6.92 Å². The number of likely N-dealkylation sites (tertiary alicyclic amines) is 1. The summed E-state index contributed by atoms with van der Waals surface area (Å²) in [5.74, 6) is 0.875. The number of fused-ring (bicyclic) bond motifs is 1. The zero-order valence-electron chi connectivity index (χ0n) is 14.7. The van der Waals surface area contributed by atoms with Gasteiger partial charge in [0.15, 0.2) is 11.5 Å². The number of pyridine rings is 1. The molecule has 136 valence electrons. The Labute approximate surface area is 164 Å². The average molecular weight is 396 g/mol. The zero-order valence-corrected chi connectivity index (χ0v) is 16.3. The molecule has 0 radical (unpaired) electrons. The van der Waals surface area contributed by atoms with Gasteiger partial charge in [-0.1, -0.05) is 12.1 Å². The molecule has 1 fully saturated rings. The summed E-state index contributed by atoms with van der Waals surface area (Å²) in [6.07, 6.45) is 3.82. The van der Waals surface area contributed by atoms with Gasteiger partial charge in [-0.05, 0) is 43.3 Å². The van der Waals surface area contributed by atoms with Gasteiger partial charge >= 0.3 is 0 Å². The number of aryl methyl sites for hydroxylation is 1. The highest BCUT2D eigenvalue weighted by atomic mass is 32.1. The van der Waals surface area contributed by atoms with Crippen LogP contribution in [0.4, 0.5) is 0 Å². The van der Waals surface area contributed by atoms with Crippen molar-refractivity contribution in [3.8, 4) is 9.88 Å². The molecule has 0 aromatic carbocycles. The fraction of sp³-hybridized carbons (Fsp3) is 0.263. The van der Waals surface area contributed by atoms with Crippen molar-refractivity contribution in [3.63, 3.8) is 0 Å². The number of rotatable bonds is 3. The van der Waals surface area contributed by atoms with Gasteiger partial charge < -0.3 is 4.90 Å². The molecule has 8 heteroatoms. The molecule has 5 rings (SSSR count). The SMILES string of the molecule is Cc1nc(-c2cccs2)sc1C(=O)N1CCC[C@@H]1c1nnc2ccccn12. The van der Waals surface area contributed by atoms with Crippen LogP contribution in [0.15, 0.2) is 41.9 Å². The minimum Gasteiger partial charge on any atom is -0.328 e. The molecule has 1 amide bonds. The maximum atomic E-state index is 13.3. The van der Waals surface area contributed by atoms with Crippen molar-refractivity contribution >= 4 is 34.2 Å². The molecular formula is C19H17N5OS2. The number of thiophene rings is 1. The van der Waals surface area contributed by atoms with Crippen LogP contribution in [-0.2, 0) is 0 Å². The van der Waals surface area contributed by atoms with Crippen LogP contribution >= 0.6 is 22.7 Å². The fourth-order valence-corrected chi connectivity index (χ4v) is 5.42. The number of aromatic nitrogens is 4. The van der Waals surface area contributed by atoms with Crippen molar-refractivity contribution in [2.24, 2.45) is 0 Å². The first-order valence-electron chi connectivity index (χ1n) is 8.84. The summed E-state index contributed by atoms with van der Waals surface area (Å²) in [5.41, 5.74) is 1.60. The number of carbonyl (C=O) groups excluding carboxylic acids is 1. The van der Waals surface area contributed by atoms with E-state index in [1.807, 2.05) is 58.1 Å². The predicted molar refractivity (Wildman–Crippen MR) is 106 cm³/mol. The van der Waals surface area contributed by atoms with E-state index >= 15 is 0 Å². The van der Waals surface area contributed by atoms with Gasteiger partial charge in [-0.15, -0.1) is 32.9 Å². The highest BCUT2D eigenvalue weighted by Crippen LogP contribution is 2.36. The first kappa shape index (κ1) is 16.6. The molecule has 1 atom stereocenters. The average Bonchev–Trinajstić information content (AvgIpc) is 3.45. The molecule has 4 aromatic rings. The highest BCUT2D eigenvalue weighted by molar-refractivity contribution is 7.22. The van der Waals surface area contributed by atoms with Gasteiger partial charge in [-0.3, -0.25) is 9.20 Å². The van der Waals surface area contributed by atoms with E-state index in [2.05, 4.69) is 15.2 Å². The summed E-state index contributed by atoms with van der Waals surface area (Å²) < 4.78 is 1.98. The van der Waals surface area contributed by atoms with Crippen LogP contribution in [0.25, 0.3) is 15.5 Å². The van der Waals surface area contributed by atoms with Crippen molar-refractivity contribution in [1.29, 1.82) is 0 Å². The van der Waals surface area contributed by atoms with Crippen molar-refractivity contribution in [3.05, 3.63) is 58.3 Å². The first-order chi connectivity index (χ1) is 13.2. The maximum absolute atomic E-state index is 13.3. The summed E-state index contributed by atoms with van der Waals surface area (Å²) in [5, 5.41) is 11.6. The molecule has 6 nitrogen and oxygen atoms in total. The Morgan fingerprint density at radius 2 is 2.15 bits per heavy atom. The van der Waals surface area contributed by atoms with E-state index in [1.54, 1.807) is 11.3 Å². The van der Waals surface area contributed by atoms with E-state index in [9.17, 15) is 4.79 Å². The lowest BCUT2D eigenvalue weighted by atomic mass is 10.2. The first-order valence-corrected chi connectivity index (χ1v) is 10.5. The van der Waals surface area contributed by atoms with E-state index in [1.165, 1.54) is 11.3 Å². The molecule has 5 heterocycles. The molecule has 1 aliphatic heterocycles. The zero-order chi connectivity index (χ0) is 18.4. The second kappa shape index (κ2) is 6.54. The molecule has 27 heavy (non-hydrogen) atoms. The van der Waals surface area contributed by atoms with Crippen molar-refractivity contribution < 1.29 is 4.79 Å². The highest BCUT2D eigenvalue weighted by Gasteiger charge is 2.35. The summed E-state index contributed by atoms with van der Waals surface area (Å²) >= 11 is 3.12. The van der Waals surface area contributed by atoms with Gasteiger partial charge in [0.25, 0.3) is 5.91 Å². The minimum absolute atomic E-state index is 0.0444. The predicted octanol–water partition coefficient (Wildman–Crippen LogP) is 4.20. The van der Waals surface area contributed by atoms with Crippen molar-refractivity contribution in [2.75, 3.05) is 6.54 Å². The third kappa shape index (κ3) is 2.76. The Morgan fingerprint density at radius 3 is 3.00 bits per heavy atom. The molecule has 0 bridgehead atoms. The number of carbonyl (C=O) groups is 1. The smallest absolute Gasteiger partial charge is 0.266 e. The monoisotopic (exact) mass is 395 g/mol. The van der Waals surface area contributed by atoms with Crippen LogP contribution in [0.3, 0.4) is 0 Å². The molecule has 0 unspecified atom stereocenters. The van der Waals surface area contributed by atoms with E-state index < -0.39 is 0 Å². The summed E-state index contributed by atoms with van der Waals surface area (Å²) in [6.45, 7) is 2.65. The van der Waals surface area contributed by atoms with Crippen molar-refractivity contribution in [2.45, 2.75) is 25.8 Å². The van der Waals surface area contributed by atoms with Gasteiger partial charge in [-0.25, -0.2) is 4.98 Å². The molecule has 4 aromatic heterocycles. The van der Waals surface area contributed by atoms with Gasteiger partial charge in [0, 0.05) is 12.7 Å². The number of hydrogen-bond acceptors (Lipinski definition) is 6. The molecule has 0 spiro atoms. The van der Waals surface area contributed by atoms with Crippen LogP contribution in [0.5, 0.6) is 0 Å². The second-order valence-electron chi connectivity index (χ2n) is 6.55. The Bertz CT molecular complexity index is 1110. The number of hydrogen-bond donors (Lipinski definition) is 0. The van der Waals surface area contributed by atoms with Crippen LogP contribution in [0.2, 0.25) is 0 Å². The Balaban J connectivity index is 1.49. The summed E-state index contributed by atoms with van der Waals surface area (Å²) in [6, 6.07) is 9.82. The van der Waals surface area contributed by atoms with E-state index in [-0.39, 0.29) is 11.9 Å². The number of nitrogens with zero attached hydrogens (tertiary/aromatic N) is 5. The lowest BCUT2D eigenvalue weighted by molar-refractivity contribution is 0.0733. The quantitative estimate of drug-likeness (QED) is 0.521. The van der Waals surface area contributed by atoms with Crippen LogP contribution in [0.1, 0.15) is 40.1 Å². The summed E-state index contributed by atoms with van der Waals surface area (Å²) in [7, 11) is 0. The molecule has 0 N–H and O–H groups in total. The largest absolute Gasteiger partial charge is 0.328 e. The third-order valence-corrected chi connectivity index (χ3v) is 7.06. The van der Waals surface area contributed by atoms with Crippen LogP contribution in [-0.4, -0.2) is 36.9 Å². The molecular weight excluding hydrogens is 378 g/mol. The van der Waals surface area contributed by atoms with Gasteiger partial charge in [0.1, 0.15) is 9.88 Å². The van der Waals surface area contributed by atoms with E-state index in [4.69, 9.17) is 0 Å². The fourth-order valence-electron chi connectivity index (χ4n) is 3.60. The number of thiazole rings is 1. The van der Waals surface area contributed by atoms with Gasteiger partial charge in [-0.2, -0.15) is 0 Å². The standard InChI is InChI=1S/C19H17N5OS2/c1-12-16(27-18(20-12)14-7-5-11-26-14)19(25)23-10-4-6-13(23)17-22-21-15-8-2-3-9-24(15)17/h2-3,5,7-9,11,13H,4,6,10H2,1H3/t13-/m1/s1. The van der Waals surface area contributed by atoms with Gasteiger partial charge in [0.05, 0.1) is 16.6 Å². The maximum Gasteiger partial charge on any atom is 0.266 e. The summed E-state index contributed by atoms with van der Waals surface area (Å²) in [4.78, 5) is 21.7. The Kier molecular flexibility index (Phi) is 4.02. The van der Waals surface area contributed by atoms with E-state index in [0.29, 0.717) is 0 Å². The molecule has 1 saturated heterocycles. The lowest BCUT2D eigenvalue weighted by Crippen LogP contribution is -2.31.